The van der Waals surface area contributed by atoms with Crippen molar-refractivity contribution in [1.29, 1.82) is 0 Å². The van der Waals surface area contributed by atoms with Crippen LogP contribution in [-0.2, 0) is 61.4 Å². The van der Waals surface area contributed by atoms with Gasteiger partial charge in [0.1, 0.15) is 35.8 Å². The monoisotopic (exact) mass is 834 g/mol. The van der Waals surface area contributed by atoms with E-state index >= 15 is 0 Å². The molecule has 0 radical (unpaired) electrons. The lowest BCUT2D eigenvalue weighted by Crippen LogP contribution is -2.53. The summed E-state index contributed by atoms with van der Waals surface area (Å²) in [7, 11) is 0.814. The molecular formula is C37H51N6O14P. The van der Waals surface area contributed by atoms with Gasteiger partial charge in [0.05, 0.1) is 18.4 Å². The molecule has 1 fully saturated rings. The second-order valence-corrected chi connectivity index (χ2v) is 15.1. The number of para-hydroxylation sites is 1. The van der Waals surface area contributed by atoms with Gasteiger partial charge in [0.15, 0.2) is 35.8 Å². The Bertz CT molecular complexity index is 1960. The number of methoxy groups -OCH3 is 3. The van der Waals surface area contributed by atoms with Crippen LogP contribution in [0.5, 0.6) is 5.75 Å². The standard InChI is InChI=1S/C37H51N6O14P/c1-21(2)53-34(45)22(3)42-58(48,57-26-14-12-11-13-15-26)52-19-37(18-38-7)31(55-36(47)25(6)51-10)30(54-35(46)24(5)50-9)29(56-37)27-16-17-28-32(39-20-40-43(27)28)41-33(44)23(4)49-8/h11-18,20-25,29-31H,19H2,1-10H3,(H,42,48)(H,39,40,41,44)/t22-,23+,24+,25+,29-,30-,31-,37+,58-/m0/s1. The molecule has 58 heavy (non-hydrogen) atoms. The number of aliphatic imine (C=N–C) groups is 1. The van der Waals surface area contributed by atoms with Crippen LogP contribution in [0, 0.1) is 0 Å². The molecule has 9 atom stereocenters. The number of carbonyl (C=O) groups excluding carboxylic acids is 4. The highest BCUT2D eigenvalue weighted by atomic mass is 31.2. The molecule has 21 heteroatoms. The van der Waals surface area contributed by atoms with Gasteiger partial charge in [-0.2, -0.15) is 10.2 Å². The van der Waals surface area contributed by atoms with Crippen molar-refractivity contribution in [3.63, 3.8) is 0 Å². The quantitative estimate of drug-likeness (QED) is 0.0719. The Morgan fingerprint density at radius 3 is 2.16 bits per heavy atom. The molecule has 3 aromatic rings. The highest BCUT2D eigenvalue weighted by molar-refractivity contribution is 7.52. The van der Waals surface area contributed by atoms with Crippen molar-refractivity contribution in [3.8, 4) is 5.75 Å². The molecule has 0 bridgehead atoms. The van der Waals surface area contributed by atoms with Crippen molar-refractivity contribution in [1.82, 2.24) is 19.7 Å². The third-order valence-corrected chi connectivity index (χ3v) is 10.5. The van der Waals surface area contributed by atoms with Gasteiger partial charge in [-0.3, -0.25) is 19.1 Å². The molecule has 0 aliphatic carbocycles. The predicted octanol–water partition coefficient (Wildman–Crippen LogP) is 3.24. The third kappa shape index (κ3) is 11.0. The number of esters is 3. The molecule has 1 saturated heterocycles. The normalized spacial score (nSPS) is 22.5. The maximum absolute atomic E-state index is 14.7. The minimum absolute atomic E-state index is 0.116. The zero-order valence-corrected chi connectivity index (χ0v) is 34.9. The number of aromatic nitrogens is 3. The number of carbonyl (C=O) groups is 4. The Balaban J connectivity index is 1.88. The molecule has 1 aromatic carbocycles. The van der Waals surface area contributed by atoms with Crippen molar-refractivity contribution in [2.45, 2.75) is 95.9 Å². The number of rotatable bonds is 20. The van der Waals surface area contributed by atoms with E-state index in [4.69, 9.17) is 42.2 Å². The molecule has 0 unspecified atom stereocenters. The van der Waals surface area contributed by atoms with Crippen molar-refractivity contribution in [3.05, 3.63) is 54.5 Å². The SMILES string of the molecule is CN=C[C@]1(CO[P@@](=O)(N[C@@H](C)C(=O)OC(C)C)Oc2ccccc2)O[C@@H](c2ccc3c(NC(=O)[C@@H](C)OC)ncnn23)[C@H](OC(=O)[C@@H](C)OC)[C@@H]1OC(=O)[C@@H](C)OC. The van der Waals surface area contributed by atoms with E-state index in [0.717, 1.165) is 0 Å². The molecular weight excluding hydrogens is 783 g/mol. The van der Waals surface area contributed by atoms with E-state index in [1.807, 2.05) is 0 Å². The second-order valence-electron chi connectivity index (χ2n) is 13.4. The van der Waals surface area contributed by atoms with Gasteiger partial charge >= 0.3 is 25.7 Å². The molecule has 1 aliphatic rings. The fourth-order valence-corrected chi connectivity index (χ4v) is 7.09. The van der Waals surface area contributed by atoms with Crippen LogP contribution in [0.15, 0.2) is 53.8 Å². The fraction of sp³-hybridized carbons (Fsp3) is 0.541. The largest absolute Gasteiger partial charge is 0.462 e. The molecule has 0 saturated carbocycles. The van der Waals surface area contributed by atoms with Crippen LogP contribution in [0.2, 0.25) is 0 Å². The van der Waals surface area contributed by atoms with Crippen molar-refractivity contribution in [2.24, 2.45) is 4.99 Å². The van der Waals surface area contributed by atoms with Crippen molar-refractivity contribution in [2.75, 3.05) is 40.3 Å². The second kappa shape index (κ2) is 20.2. The van der Waals surface area contributed by atoms with E-state index in [1.54, 1.807) is 51.1 Å². The molecule has 1 aliphatic heterocycles. The van der Waals surface area contributed by atoms with E-state index in [2.05, 4.69) is 25.5 Å². The van der Waals surface area contributed by atoms with Gasteiger partial charge < -0.3 is 43.0 Å². The summed E-state index contributed by atoms with van der Waals surface area (Å²) in [4.78, 5) is 61.1. The van der Waals surface area contributed by atoms with Crippen LogP contribution in [-0.4, -0.2) is 128 Å². The van der Waals surface area contributed by atoms with Gasteiger partial charge in [0, 0.05) is 34.6 Å². The highest BCUT2D eigenvalue weighted by Gasteiger charge is 2.61. The molecule has 0 spiro atoms. The average molecular weight is 835 g/mol. The first-order chi connectivity index (χ1) is 27.5. The summed E-state index contributed by atoms with van der Waals surface area (Å²) in [6.07, 6.45) is -5.51. The summed E-state index contributed by atoms with van der Waals surface area (Å²) in [5, 5.41) is 9.69. The van der Waals surface area contributed by atoms with Crippen molar-refractivity contribution >= 4 is 49.1 Å². The number of ether oxygens (including phenoxy) is 7. The lowest BCUT2D eigenvalue weighted by molar-refractivity contribution is -0.179. The molecule has 20 nitrogen and oxygen atoms in total. The summed E-state index contributed by atoms with van der Waals surface area (Å²) in [6.45, 7) is 8.44. The van der Waals surface area contributed by atoms with E-state index in [1.165, 1.54) is 78.3 Å². The third-order valence-electron chi connectivity index (χ3n) is 8.86. The van der Waals surface area contributed by atoms with Crippen LogP contribution in [0.3, 0.4) is 0 Å². The van der Waals surface area contributed by atoms with Gasteiger partial charge in [-0.05, 0) is 65.8 Å². The first-order valence-corrected chi connectivity index (χ1v) is 19.8. The number of amides is 1. The number of nitrogens with zero attached hydrogens (tertiary/aromatic N) is 4. The zero-order valence-electron chi connectivity index (χ0n) is 34.0. The highest BCUT2D eigenvalue weighted by Crippen LogP contribution is 2.50. The molecule has 318 valence electrons. The Hall–Kier alpha value is -4.82. The number of nitrogens with one attached hydrogen (secondary N) is 2. The zero-order chi connectivity index (χ0) is 42.8. The van der Waals surface area contributed by atoms with Crippen LogP contribution in [0.4, 0.5) is 5.82 Å². The van der Waals surface area contributed by atoms with Crippen LogP contribution in [0.25, 0.3) is 5.52 Å². The Morgan fingerprint density at radius 2 is 1.55 bits per heavy atom. The smallest absolute Gasteiger partial charge is 0.459 e. The van der Waals surface area contributed by atoms with Gasteiger partial charge in [0.2, 0.25) is 0 Å². The number of anilines is 1. The number of benzene rings is 1. The first kappa shape index (κ1) is 45.9. The lowest BCUT2D eigenvalue weighted by Gasteiger charge is -2.33. The van der Waals surface area contributed by atoms with Crippen LogP contribution < -0.4 is 14.9 Å². The maximum Gasteiger partial charge on any atom is 0.459 e. The van der Waals surface area contributed by atoms with Gasteiger partial charge in [0.25, 0.3) is 5.91 Å². The summed E-state index contributed by atoms with van der Waals surface area (Å²) >= 11 is 0. The van der Waals surface area contributed by atoms with E-state index < -0.39 is 92.5 Å². The molecule has 2 N–H and O–H groups in total. The molecule has 4 rings (SSSR count). The minimum atomic E-state index is -4.58. The lowest BCUT2D eigenvalue weighted by atomic mass is 9.95. The van der Waals surface area contributed by atoms with E-state index in [-0.39, 0.29) is 17.3 Å². The van der Waals surface area contributed by atoms with Gasteiger partial charge in [-0.15, -0.1) is 0 Å². The number of hydrogen-bond donors (Lipinski definition) is 2. The molecule has 3 heterocycles. The Labute approximate surface area is 335 Å². The minimum Gasteiger partial charge on any atom is -0.462 e. The molecule has 1 amide bonds. The predicted molar refractivity (Wildman–Crippen MR) is 206 cm³/mol. The van der Waals surface area contributed by atoms with Gasteiger partial charge in [-0.25, -0.2) is 23.7 Å². The Morgan fingerprint density at radius 1 is 0.914 bits per heavy atom. The Kier molecular flexibility index (Phi) is 16.0. The summed E-state index contributed by atoms with van der Waals surface area (Å²) in [5.41, 5.74) is -1.47. The van der Waals surface area contributed by atoms with Gasteiger partial charge in [-0.1, -0.05) is 18.2 Å². The summed E-state index contributed by atoms with van der Waals surface area (Å²) in [6, 6.07) is 9.99. The van der Waals surface area contributed by atoms with E-state index in [0.29, 0.717) is 5.52 Å². The van der Waals surface area contributed by atoms with Crippen LogP contribution >= 0.6 is 7.75 Å². The van der Waals surface area contributed by atoms with Crippen LogP contribution in [0.1, 0.15) is 53.3 Å². The topological polar surface area (TPSA) is 235 Å². The maximum atomic E-state index is 14.7. The fourth-order valence-electron chi connectivity index (χ4n) is 5.56. The summed E-state index contributed by atoms with van der Waals surface area (Å²) < 4.78 is 67.7. The van der Waals surface area contributed by atoms with E-state index in [9.17, 15) is 23.7 Å². The van der Waals surface area contributed by atoms with Crippen molar-refractivity contribution < 1.29 is 65.9 Å². The molecule has 2 aromatic heterocycles. The first-order valence-electron chi connectivity index (χ1n) is 18.2. The number of hydrogen-bond acceptors (Lipinski definition) is 17. The summed E-state index contributed by atoms with van der Waals surface area (Å²) in [5.74, 6) is -2.75. The number of fused-ring (bicyclic) bond motifs is 1. The average Bonchev–Trinajstić information content (AvgIpc) is 3.75.